The number of likely N-dealkylation sites (tertiary alicyclic amines) is 1. The normalized spacial score (nSPS) is 15.5. The van der Waals surface area contributed by atoms with Gasteiger partial charge in [-0.1, -0.05) is 62.2 Å². The monoisotopic (exact) mass is 639 g/mol. The third kappa shape index (κ3) is 15.5. The molecule has 0 spiro atoms. The van der Waals surface area contributed by atoms with Gasteiger partial charge in [-0.2, -0.15) is 11.8 Å². The van der Waals surface area contributed by atoms with Crippen molar-refractivity contribution in [3.63, 3.8) is 0 Å². The number of likely N-dealkylation sites (N-methyl/N-ethyl adjacent to an activating group) is 1. The molecule has 2 aliphatic rings. The third-order valence-electron chi connectivity index (χ3n) is 7.19. The molecule has 2 aliphatic heterocycles. The number of amides is 2. The van der Waals surface area contributed by atoms with E-state index >= 15 is 0 Å². The summed E-state index contributed by atoms with van der Waals surface area (Å²) in [6, 6.07) is 13.7. The van der Waals surface area contributed by atoms with Gasteiger partial charge in [0.15, 0.2) is 0 Å². The Morgan fingerprint density at radius 1 is 1.05 bits per heavy atom. The van der Waals surface area contributed by atoms with Crippen LogP contribution in [-0.2, 0) is 9.59 Å². The highest BCUT2D eigenvalue weighted by atomic mass is 35.5. The van der Waals surface area contributed by atoms with Crippen molar-refractivity contribution < 1.29 is 9.59 Å². The Hall–Kier alpha value is -1.97. The van der Waals surface area contributed by atoms with Crippen LogP contribution in [0.2, 0.25) is 10.0 Å². The zero-order valence-electron chi connectivity index (χ0n) is 26.1. The van der Waals surface area contributed by atoms with Gasteiger partial charge < -0.3 is 16.0 Å². The smallest absolute Gasteiger partial charge is 0.255 e. The van der Waals surface area contributed by atoms with Crippen LogP contribution in [0.4, 0.5) is 5.69 Å². The standard InChI is InChI=1S/C14H20ClN3OS.C10H13Cl.C7H15N.CH3NO/c1-11-3-4-12(15)9-13(11)16-10-14(19)17(2)18-5-7-20-8-6-18;1-3-8(2)9-4-6-10(11)7-5-9;1-2-5-8-6-3-4-7-8;2-1-3/h3-4,9,16H,5-8,10H2,1-2H3;4-8H,3H2,1-2H3;2-7H2,1H3;1H,(H2,2,3). The predicted molar refractivity (Wildman–Crippen MR) is 183 cm³/mol. The van der Waals surface area contributed by atoms with Crippen LogP contribution in [-0.4, -0.2) is 85.1 Å². The second-order valence-corrected chi connectivity index (χ2v) is 12.4. The highest BCUT2D eigenvalue weighted by Crippen LogP contribution is 2.21. The van der Waals surface area contributed by atoms with Crippen molar-refractivity contribution in [1.82, 2.24) is 14.9 Å². The fourth-order valence-electron chi connectivity index (χ4n) is 4.43. The molecule has 2 fully saturated rings. The van der Waals surface area contributed by atoms with Crippen molar-refractivity contribution in [2.45, 2.75) is 59.3 Å². The number of hydrazine groups is 1. The van der Waals surface area contributed by atoms with E-state index < -0.39 is 0 Å². The Morgan fingerprint density at radius 3 is 2.17 bits per heavy atom. The Balaban J connectivity index is 0.000000335. The highest BCUT2D eigenvalue weighted by Gasteiger charge is 2.19. The number of primary amides is 1. The number of nitrogens with one attached hydrogen (secondary N) is 1. The number of carbonyl (C=O) groups is 2. The van der Waals surface area contributed by atoms with Gasteiger partial charge in [0.1, 0.15) is 0 Å². The first kappa shape index (κ1) is 38.1. The number of anilines is 1. The van der Waals surface area contributed by atoms with E-state index in [1.165, 1.54) is 50.9 Å². The molecule has 10 heteroatoms. The molecule has 2 saturated heterocycles. The summed E-state index contributed by atoms with van der Waals surface area (Å²) >= 11 is 13.7. The average molecular weight is 641 g/mol. The Kier molecular flexibility index (Phi) is 20.4. The molecule has 1 unspecified atom stereocenters. The van der Waals surface area contributed by atoms with Gasteiger partial charge in [0, 0.05) is 47.4 Å². The van der Waals surface area contributed by atoms with Crippen molar-refractivity contribution in [3.8, 4) is 0 Å². The molecule has 3 N–H and O–H groups in total. The van der Waals surface area contributed by atoms with E-state index in [4.69, 9.17) is 28.0 Å². The van der Waals surface area contributed by atoms with Gasteiger partial charge in [0.25, 0.3) is 5.91 Å². The topological polar surface area (TPSA) is 81.9 Å². The first-order valence-corrected chi connectivity index (χ1v) is 16.8. The zero-order chi connectivity index (χ0) is 31.3. The lowest BCUT2D eigenvalue weighted by molar-refractivity contribution is -0.143. The number of nitrogens with two attached hydrogens (primary N) is 1. The molecule has 7 nitrogen and oxygen atoms in total. The number of hydrogen-bond acceptors (Lipinski definition) is 6. The van der Waals surface area contributed by atoms with E-state index in [1.54, 1.807) is 5.01 Å². The van der Waals surface area contributed by atoms with Crippen LogP contribution in [0.1, 0.15) is 63.5 Å². The largest absolute Gasteiger partial charge is 0.376 e. The number of nitrogens with zero attached hydrogens (tertiary/aromatic N) is 3. The molecule has 0 aliphatic carbocycles. The first-order valence-electron chi connectivity index (χ1n) is 14.9. The van der Waals surface area contributed by atoms with E-state index in [1.807, 2.05) is 56.1 Å². The van der Waals surface area contributed by atoms with Crippen molar-refractivity contribution in [3.05, 3.63) is 63.6 Å². The summed E-state index contributed by atoms with van der Waals surface area (Å²) in [5.41, 5.74) is 7.53. The lowest BCUT2D eigenvalue weighted by Crippen LogP contribution is -2.49. The highest BCUT2D eigenvalue weighted by molar-refractivity contribution is 7.99. The fraction of sp³-hybridized carbons (Fsp3) is 0.562. The number of rotatable bonds is 8. The third-order valence-corrected chi connectivity index (χ3v) is 8.62. The molecule has 2 heterocycles. The molecule has 236 valence electrons. The van der Waals surface area contributed by atoms with Gasteiger partial charge in [-0.3, -0.25) is 14.6 Å². The maximum Gasteiger partial charge on any atom is 0.255 e. The van der Waals surface area contributed by atoms with Crippen LogP contribution in [0.3, 0.4) is 0 Å². The van der Waals surface area contributed by atoms with Crippen molar-refractivity contribution >= 4 is 53.0 Å². The minimum atomic E-state index is 0.0660. The van der Waals surface area contributed by atoms with Gasteiger partial charge >= 0.3 is 0 Å². The summed E-state index contributed by atoms with van der Waals surface area (Å²) in [6.07, 6.45) is 5.61. The van der Waals surface area contributed by atoms with Crippen LogP contribution in [0, 0.1) is 6.92 Å². The molecule has 4 rings (SSSR count). The summed E-state index contributed by atoms with van der Waals surface area (Å²) in [4.78, 5) is 23.3. The quantitative estimate of drug-likeness (QED) is 0.305. The minimum Gasteiger partial charge on any atom is -0.376 e. The van der Waals surface area contributed by atoms with Crippen molar-refractivity contribution in [1.29, 1.82) is 0 Å². The van der Waals surface area contributed by atoms with Crippen LogP contribution in [0.25, 0.3) is 0 Å². The van der Waals surface area contributed by atoms with E-state index in [2.05, 4.69) is 53.9 Å². The van der Waals surface area contributed by atoms with Crippen molar-refractivity contribution in [2.75, 3.05) is 63.1 Å². The zero-order valence-corrected chi connectivity index (χ0v) is 28.4. The van der Waals surface area contributed by atoms with Crippen molar-refractivity contribution in [2.24, 2.45) is 5.73 Å². The molecular weight excluding hydrogens is 589 g/mol. The number of aryl methyl sites for hydroxylation is 1. The summed E-state index contributed by atoms with van der Waals surface area (Å²) in [7, 11) is 1.84. The Morgan fingerprint density at radius 2 is 1.62 bits per heavy atom. The van der Waals surface area contributed by atoms with Crippen LogP contribution in [0.15, 0.2) is 42.5 Å². The van der Waals surface area contributed by atoms with Gasteiger partial charge in [-0.05, 0) is 93.6 Å². The van der Waals surface area contributed by atoms with Gasteiger partial charge in [-0.25, -0.2) is 5.01 Å². The lowest BCUT2D eigenvalue weighted by Gasteiger charge is -2.34. The summed E-state index contributed by atoms with van der Waals surface area (Å²) in [5.74, 6) is 2.88. The number of benzene rings is 2. The van der Waals surface area contributed by atoms with Crippen LogP contribution in [0.5, 0.6) is 0 Å². The Bertz CT molecular complexity index is 1020. The molecule has 1 atom stereocenters. The first-order chi connectivity index (χ1) is 20.2. The van der Waals surface area contributed by atoms with Gasteiger partial charge in [0.05, 0.1) is 6.54 Å². The van der Waals surface area contributed by atoms with E-state index in [9.17, 15) is 4.79 Å². The molecular formula is C32H51Cl2N5O2S. The minimum absolute atomic E-state index is 0.0660. The second-order valence-electron chi connectivity index (χ2n) is 10.3. The molecule has 42 heavy (non-hydrogen) atoms. The molecule has 0 aromatic heterocycles. The predicted octanol–water partition coefficient (Wildman–Crippen LogP) is 6.93. The summed E-state index contributed by atoms with van der Waals surface area (Å²) in [6.45, 7) is 14.8. The fourth-order valence-corrected chi connectivity index (χ4v) is 5.61. The molecule has 0 radical (unpaired) electrons. The Labute approximate surface area is 268 Å². The molecule has 2 amide bonds. The molecule has 0 saturated carbocycles. The summed E-state index contributed by atoms with van der Waals surface area (Å²) in [5, 5.41) is 8.49. The lowest BCUT2D eigenvalue weighted by atomic mass is 9.99. The van der Waals surface area contributed by atoms with E-state index in [0.29, 0.717) is 10.9 Å². The van der Waals surface area contributed by atoms with Crippen LogP contribution < -0.4 is 11.1 Å². The van der Waals surface area contributed by atoms with Crippen LogP contribution >= 0.6 is 35.0 Å². The maximum absolute atomic E-state index is 12.2. The second kappa shape index (κ2) is 22.6. The molecule has 2 aromatic carbocycles. The van der Waals surface area contributed by atoms with Gasteiger partial charge in [-0.15, -0.1) is 0 Å². The SMILES string of the molecule is CCC(C)c1ccc(Cl)cc1.CCCN1CCCC1.Cc1ccc(Cl)cc1NCC(=O)N(C)N1CCSCC1.NC=O. The number of hydrogen-bond donors (Lipinski definition) is 2. The number of thioether (sulfide) groups is 1. The molecule has 2 aromatic rings. The molecule has 0 bridgehead atoms. The van der Waals surface area contributed by atoms with E-state index in [-0.39, 0.29) is 18.9 Å². The number of carbonyl (C=O) groups excluding carboxylic acids is 2. The summed E-state index contributed by atoms with van der Waals surface area (Å²) < 4.78 is 0. The number of halogens is 2. The van der Waals surface area contributed by atoms with Gasteiger partial charge in [0.2, 0.25) is 6.41 Å². The maximum atomic E-state index is 12.2. The average Bonchev–Trinajstić information content (AvgIpc) is 3.52. The van der Waals surface area contributed by atoms with E-state index in [0.717, 1.165) is 40.9 Å².